The first-order valence-electron chi connectivity index (χ1n) is 6.88. The first-order chi connectivity index (χ1) is 11.5. The lowest BCUT2D eigenvalue weighted by Gasteiger charge is -2.08. The van der Waals surface area contributed by atoms with Gasteiger partial charge in [0, 0.05) is 16.1 Å². The summed E-state index contributed by atoms with van der Waals surface area (Å²) in [6, 6.07) is 8.43. The van der Waals surface area contributed by atoms with E-state index in [1.165, 1.54) is 11.3 Å². The van der Waals surface area contributed by atoms with Gasteiger partial charge < -0.3 is 9.47 Å². The minimum absolute atomic E-state index is 0.360. The summed E-state index contributed by atoms with van der Waals surface area (Å²) >= 11 is 7.02. The zero-order valence-corrected chi connectivity index (χ0v) is 14.3. The highest BCUT2D eigenvalue weighted by Crippen LogP contribution is 2.21. The van der Waals surface area contributed by atoms with Crippen molar-refractivity contribution < 1.29 is 19.1 Å². The Labute approximate surface area is 147 Å². The standard InChI is InChI=1S/C16H13ClN2O4S/c1-10-9-24-16(19-10)13(6-18)14(20)7-23-15(21)8-22-12-4-2-3-11(17)5-12/h2-5,9,13H,7-8H2,1H3/t13-/m0/s1. The van der Waals surface area contributed by atoms with Crippen LogP contribution in [0.3, 0.4) is 0 Å². The molecule has 1 heterocycles. The molecule has 124 valence electrons. The van der Waals surface area contributed by atoms with Crippen molar-refractivity contribution in [3.63, 3.8) is 0 Å². The molecule has 2 aromatic rings. The number of ketones is 1. The maximum atomic E-state index is 12.0. The number of nitriles is 1. The minimum Gasteiger partial charge on any atom is -0.482 e. The van der Waals surface area contributed by atoms with Crippen LogP contribution in [0.15, 0.2) is 29.6 Å². The molecule has 2 rings (SSSR count). The summed E-state index contributed by atoms with van der Waals surface area (Å²) in [5.41, 5.74) is 0.731. The van der Waals surface area contributed by atoms with Gasteiger partial charge >= 0.3 is 5.97 Å². The van der Waals surface area contributed by atoms with E-state index >= 15 is 0 Å². The summed E-state index contributed by atoms with van der Waals surface area (Å²) < 4.78 is 10.1. The molecule has 0 N–H and O–H groups in total. The Hall–Kier alpha value is -2.43. The Morgan fingerprint density at radius 1 is 1.42 bits per heavy atom. The summed E-state index contributed by atoms with van der Waals surface area (Å²) in [6.45, 7) is 0.905. The molecule has 0 bridgehead atoms. The molecule has 6 nitrogen and oxygen atoms in total. The number of aromatic nitrogens is 1. The quantitative estimate of drug-likeness (QED) is 0.702. The number of aryl methyl sites for hydroxylation is 1. The second-order valence-electron chi connectivity index (χ2n) is 4.76. The van der Waals surface area contributed by atoms with Gasteiger partial charge in [0.15, 0.2) is 24.9 Å². The zero-order valence-electron chi connectivity index (χ0n) is 12.7. The smallest absolute Gasteiger partial charge is 0.344 e. The summed E-state index contributed by atoms with van der Waals surface area (Å²) in [5, 5.41) is 11.7. The molecule has 0 saturated carbocycles. The van der Waals surface area contributed by atoms with Crippen LogP contribution in [0.5, 0.6) is 5.75 Å². The Morgan fingerprint density at radius 3 is 2.83 bits per heavy atom. The molecule has 1 aromatic carbocycles. The maximum Gasteiger partial charge on any atom is 0.344 e. The van der Waals surface area contributed by atoms with E-state index in [1.807, 2.05) is 6.07 Å². The van der Waals surface area contributed by atoms with E-state index in [1.54, 1.807) is 36.6 Å². The summed E-state index contributed by atoms with van der Waals surface area (Å²) in [4.78, 5) is 27.8. The number of Topliss-reactive ketones (excluding diaryl/α,β-unsaturated/α-hetero) is 1. The van der Waals surface area contributed by atoms with Crippen LogP contribution in [0.2, 0.25) is 5.02 Å². The Balaban J connectivity index is 1.82. The molecule has 0 aliphatic rings. The van der Waals surface area contributed by atoms with E-state index in [0.717, 1.165) is 5.69 Å². The van der Waals surface area contributed by atoms with Gasteiger partial charge in [0.05, 0.1) is 6.07 Å². The molecular formula is C16H13ClN2O4S. The van der Waals surface area contributed by atoms with Crippen LogP contribution < -0.4 is 4.74 Å². The fourth-order valence-corrected chi connectivity index (χ4v) is 2.79. The number of rotatable bonds is 7. The van der Waals surface area contributed by atoms with Crippen molar-refractivity contribution >= 4 is 34.7 Å². The molecule has 24 heavy (non-hydrogen) atoms. The van der Waals surface area contributed by atoms with Crippen LogP contribution >= 0.6 is 22.9 Å². The van der Waals surface area contributed by atoms with E-state index in [9.17, 15) is 9.59 Å². The van der Waals surface area contributed by atoms with Gasteiger partial charge in [-0.2, -0.15) is 5.26 Å². The predicted octanol–water partition coefficient (Wildman–Crippen LogP) is 2.90. The van der Waals surface area contributed by atoms with Crippen LogP contribution in [0, 0.1) is 18.3 Å². The van der Waals surface area contributed by atoms with Crippen LogP contribution in [-0.2, 0) is 14.3 Å². The Morgan fingerprint density at radius 2 is 2.21 bits per heavy atom. The van der Waals surface area contributed by atoms with Crippen molar-refractivity contribution in [2.75, 3.05) is 13.2 Å². The monoisotopic (exact) mass is 364 g/mol. The Bertz CT molecular complexity index is 784. The van der Waals surface area contributed by atoms with Crippen LogP contribution in [-0.4, -0.2) is 30.0 Å². The van der Waals surface area contributed by atoms with Crippen molar-refractivity contribution in [3.8, 4) is 11.8 Å². The third-order valence-electron chi connectivity index (χ3n) is 2.86. The third kappa shape index (κ3) is 5.05. The fourth-order valence-electron chi connectivity index (χ4n) is 1.75. The molecule has 0 saturated heterocycles. The average Bonchev–Trinajstić information content (AvgIpc) is 2.98. The highest BCUT2D eigenvalue weighted by atomic mass is 35.5. The van der Waals surface area contributed by atoms with Gasteiger partial charge in [-0.3, -0.25) is 4.79 Å². The molecule has 0 fully saturated rings. The molecule has 0 aliphatic heterocycles. The maximum absolute atomic E-state index is 12.0. The van der Waals surface area contributed by atoms with E-state index in [0.29, 0.717) is 15.8 Å². The van der Waals surface area contributed by atoms with Gasteiger partial charge in [-0.1, -0.05) is 17.7 Å². The van der Waals surface area contributed by atoms with Crippen LogP contribution in [0.1, 0.15) is 16.6 Å². The van der Waals surface area contributed by atoms with Gasteiger partial charge in [0.25, 0.3) is 0 Å². The number of carbonyl (C=O) groups excluding carboxylic acids is 2. The summed E-state index contributed by atoms with van der Waals surface area (Å²) in [7, 11) is 0. The average molecular weight is 365 g/mol. The normalized spacial score (nSPS) is 11.4. The largest absolute Gasteiger partial charge is 0.482 e. The molecular weight excluding hydrogens is 352 g/mol. The highest BCUT2D eigenvalue weighted by Gasteiger charge is 2.24. The second kappa shape index (κ2) is 8.43. The number of esters is 1. The van der Waals surface area contributed by atoms with E-state index in [-0.39, 0.29) is 6.61 Å². The molecule has 1 aromatic heterocycles. The lowest BCUT2D eigenvalue weighted by atomic mass is 10.1. The van der Waals surface area contributed by atoms with E-state index in [2.05, 4.69) is 4.98 Å². The molecule has 0 aliphatic carbocycles. The van der Waals surface area contributed by atoms with Crippen molar-refractivity contribution in [1.29, 1.82) is 5.26 Å². The zero-order chi connectivity index (χ0) is 17.5. The first-order valence-corrected chi connectivity index (χ1v) is 8.13. The van der Waals surface area contributed by atoms with Gasteiger partial charge in [0.2, 0.25) is 0 Å². The summed E-state index contributed by atoms with van der Waals surface area (Å²) in [5.74, 6) is -1.86. The van der Waals surface area contributed by atoms with Gasteiger partial charge in [0.1, 0.15) is 10.8 Å². The van der Waals surface area contributed by atoms with Gasteiger partial charge in [-0.25, -0.2) is 9.78 Å². The van der Waals surface area contributed by atoms with Crippen molar-refractivity contribution in [3.05, 3.63) is 45.4 Å². The van der Waals surface area contributed by atoms with Crippen molar-refractivity contribution in [2.45, 2.75) is 12.8 Å². The second-order valence-corrected chi connectivity index (χ2v) is 6.09. The molecule has 8 heteroatoms. The Kier molecular flexibility index (Phi) is 6.29. The predicted molar refractivity (Wildman–Crippen MR) is 88.1 cm³/mol. The number of benzene rings is 1. The highest BCUT2D eigenvalue weighted by molar-refractivity contribution is 7.09. The number of nitrogens with zero attached hydrogens (tertiary/aromatic N) is 2. The number of ether oxygens (including phenoxy) is 2. The third-order valence-corrected chi connectivity index (χ3v) is 4.13. The first kappa shape index (κ1) is 17.9. The van der Waals surface area contributed by atoms with Gasteiger partial charge in [-0.05, 0) is 25.1 Å². The molecule has 0 unspecified atom stereocenters. The van der Waals surface area contributed by atoms with E-state index < -0.39 is 24.3 Å². The summed E-state index contributed by atoms with van der Waals surface area (Å²) in [6.07, 6.45) is 0. The van der Waals surface area contributed by atoms with E-state index in [4.69, 9.17) is 26.3 Å². The number of thiazole rings is 1. The van der Waals surface area contributed by atoms with Crippen LogP contribution in [0.25, 0.3) is 0 Å². The van der Waals surface area contributed by atoms with Gasteiger partial charge in [-0.15, -0.1) is 11.3 Å². The lowest BCUT2D eigenvalue weighted by molar-refractivity contribution is -0.150. The molecule has 0 amide bonds. The molecule has 0 spiro atoms. The van der Waals surface area contributed by atoms with Crippen LogP contribution in [0.4, 0.5) is 0 Å². The SMILES string of the molecule is Cc1csc([C@@H](C#N)C(=O)COC(=O)COc2cccc(Cl)c2)n1. The minimum atomic E-state index is -1.04. The fraction of sp³-hybridized carbons (Fsp3) is 0.250. The van der Waals surface area contributed by atoms with Crippen molar-refractivity contribution in [1.82, 2.24) is 4.98 Å². The number of hydrogen-bond acceptors (Lipinski definition) is 7. The number of carbonyl (C=O) groups is 2. The van der Waals surface area contributed by atoms with Crippen molar-refractivity contribution in [2.24, 2.45) is 0 Å². The topological polar surface area (TPSA) is 89.3 Å². The molecule has 0 radical (unpaired) electrons. The number of hydrogen-bond donors (Lipinski definition) is 0. The number of halogens is 1. The lowest BCUT2D eigenvalue weighted by Crippen LogP contribution is -2.22. The molecule has 1 atom stereocenters.